The van der Waals surface area contributed by atoms with E-state index in [2.05, 4.69) is 31.9 Å². The second-order valence-corrected chi connectivity index (χ2v) is 3.75. The molecule has 0 saturated carbocycles. The van der Waals surface area contributed by atoms with E-state index in [1.807, 2.05) is 0 Å². The predicted octanol–water partition coefficient (Wildman–Crippen LogP) is 2.94. The Kier molecular flexibility index (Phi) is 2.95. The summed E-state index contributed by atoms with van der Waals surface area (Å²) in [7, 11) is 1.49. The molecule has 2 N–H and O–H groups in total. The number of hydrogen-bond donors (Lipinski definition) is 1. The van der Waals surface area contributed by atoms with Crippen LogP contribution in [0.3, 0.4) is 0 Å². The Morgan fingerprint density at radius 2 is 2.08 bits per heavy atom. The fourth-order valence-corrected chi connectivity index (χ4v) is 2.17. The zero-order chi connectivity index (χ0) is 9.30. The highest BCUT2D eigenvalue weighted by Gasteiger charge is 2.12. The van der Waals surface area contributed by atoms with Gasteiger partial charge in [0, 0.05) is 0 Å². The third-order valence-corrected chi connectivity index (χ3v) is 2.74. The monoisotopic (exact) mass is 297 g/mol. The molecule has 0 radical (unpaired) electrons. The number of nitrogens with two attached hydrogens (primary N) is 1. The van der Waals surface area contributed by atoms with E-state index >= 15 is 0 Å². The van der Waals surface area contributed by atoms with Crippen LogP contribution in [0.4, 0.5) is 10.1 Å². The highest BCUT2D eigenvalue weighted by Crippen LogP contribution is 2.38. The molecule has 1 rings (SSSR count). The zero-order valence-corrected chi connectivity index (χ0v) is 9.37. The number of methoxy groups -OCH3 is 1. The van der Waals surface area contributed by atoms with Gasteiger partial charge in [-0.25, -0.2) is 4.39 Å². The highest BCUT2D eigenvalue weighted by molar-refractivity contribution is 9.11. The third-order valence-electron chi connectivity index (χ3n) is 1.37. The minimum absolute atomic E-state index is 0.0510. The smallest absolute Gasteiger partial charge is 0.149 e. The van der Waals surface area contributed by atoms with Gasteiger partial charge in [-0.3, -0.25) is 0 Å². The first-order chi connectivity index (χ1) is 5.57. The van der Waals surface area contributed by atoms with Crippen molar-refractivity contribution in [2.24, 2.45) is 0 Å². The fraction of sp³-hybridized carbons (Fsp3) is 0.143. The second-order valence-electron chi connectivity index (χ2n) is 2.10. The molecule has 0 aliphatic heterocycles. The standard InChI is InChI=1S/C7H6Br2FNO/c1-12-7-3(8)2-4(10)6(11)5(7)9/h2H,11H2,1H3. The molecule has 0 bridgehead atoms. The molecule has 0 aliphatic carbocycles. The zero-order valence-electron chi connectivity index (χ0n) is 6.20. The van der Waals surface area contributed by atoms with Crippen LogP contribution in [0, 0.1) is 5.82 Å². The van der Waals surface area contributed by atoms with Crippen molar-refractivity contribution in [2.45, 2.75) is 0 Å². The Balaban J connectivity index is 3.40. The molecule has 0 unspecified atom stereocenters. The maximum Gasteiger partial charge on any atom is 0.149 e. The molecule has 5 heteroatoms. The maximum absolute atomic E-state index is 12.9. The van der Waals surface area contributed by atoms with Gasteiger partial charge in [-0.1, -0.05) is 0 Å². The van der Waals surface area contributed by atoms with Crippen LogP contribution in [0.2, 0.25) is 0 Å². The first-order valence-corrected chi connectivity index (χ1v) is 4.63. The molecule has 0 aliphatic rings. The van der Waals surface area contributed by atoms with Gasteiger partial charge in [0.25, 0.3) is 0 Å². The van der Waals surface area contributed by atoms with E-state index in [1.165, 1.54) is 13.2 Å². The van der Waals surface area contributed by atoms with Crippen LogP contribution in [-0.2, 0) is 0 Å². The van der Waals surface area contributed by atoms with Crippen molar-refractivity contribution in [3.8, 4) is 5.75 Å². The first kappa shape index (κ1) is 9.80. The summed E-state index contributed by atoms with van der Waals surface area (Å²) in [6, 6.07) is 1.26. The van der Waals surface area contributed by atoms with E-state index in [1.54, 1.807) is 0 Å². The van der Waals surface area contributed by atoms with Gasteiger partial charge in [-0.2, -0.15) is 0 Å². The number of rotatable bonds is 1. The Labute approximate surface area is 86.2 Å². The molecule has 0 atom stereocenters. The molecule has 12 heavy (non-hydrogen) atoms. The first-order valence-electron chi connectivity index (χ1n) is 3.05. The van der Waals surface area contributed by atoms with Gasteiger partial charge in [0.05, 0.1) is 21.7 Å². The molecule has 66 valence electrons. The van der Waals surface area contributed by atoms with Crippen LogP contribution in [0.1, 0.15) is 0 Å². The van der Waals surface area contributed by atoms with Crippen molar-refractivity contribution < 1.29 is 9.13 Å². The third kappa shape index (κ3) is 1.56. The van der Waals surface area contributed by atoms with Crippen molar-refractivity contribution in [3.05, 3.63) is 20.8 Å². The minimum atomic E-state index is -0.477. The summed E-state index contributed by atoms with van der Waals surface area (Å²) in [5.74, 6) is 0.0171. The molecular formula is C7H6Br2FNO. The van der Waals surface area contributed by atoms with Crippen molar-refractivity contribution in [1.82, 2.24) is 0 Å². The highest BCUT2D eigenvalue weighted by atomic mass is 79.9. The number of nitrogen functional groups attached to an aromatic ring is 1. The average molecular weight is 299 g/mol. The Morgan fingerprint density at radius 1 is 1.50 bits per heavy atom. The molecule has 0 amide bonds. The Morgan fingerprint density at radius 3 is 2.58 bits per heavy atom. The number of anilines is 1. The van der Waals surface area contributed by atoms with E-state index in [9.17, 15) is 4.39 Å². The van der Waals surface area contributed by atoms with Crippen molar-refractivity contribution in [2.75, 3.05) is 12.8 Å². The predicted molar refractivity (Wildman–Crippen MR) is 52.8 cm³/mol. The average Bonchev–Trinajstić information content (AvgIpc) is 2.01. The van der Waals surface area contributed by atoms with Crippen LogP contribution in [0.25, 0.3) is 0 Å². The largest absolute Gasteiger partial charge is 0.494 e. The lowest BCUT2D eigenvalue weighted by Gasteiger charge is -2.08. The molecule has 0 spiro atoms. The van der Waals surface area contributed by atoms with Gasteiger partial charge in [0.2, 0.25) is 0 Å². The summed E-state index contributed by atoms with van der Waals surface area (Å²) in [6.07, 6.45) is 0. The molecule has 0 saturated heterocycles. The summed E-state index contributed by atoms with van der Waals surface area (Å²) >= 11 is 6.26. The van der Waals surface area contributed by atoms with Crippen LogP contribution >= 0.6 is 31.9 Å². The summed E-state index contributed by atoms with van der Waals surface area (Å²) in [6.45, 7) is 0. The number of hydrogen-bond acceptors (Lipinski definition) is 2. The maximum atomic E-state index is 12.9. The quantitative estimate of drug-likeness (QED) is 0.809. The lowest BCUT2D eigenvalue weighted by molar-refractivity contribution is 0.408. The molecule has 0 fully saturated rings. The van der Waals surface area contributed by atoms with Gasteiger partial charge >= 0.3 is 0 Å². The van der Waals surface area contributed by atoms with Gasteiger partial charge in [0.15, 0.2) is 0 Å². The summed E-state index contributed by atoms with van der Waals surface area (Å²) in [5.41, 5.74) is 5.46. The van der Waals surface area contributed by atoms with Crippen molar-refractivity contribution in [1.29, 1.82) is 0 Å². The summed E-state index contributed by atoms with van der Waals surface area (Å²) in [4.78, 5) is 0. The van der Waals surface area contributed by atoms with E-state index in [4.69, 9.17) is 10.5 Å². The lowest BCUT2D eigenvalue weighted by Crippen LogP contribution is -1.96. The van der Waals surface area contributed by atoms with Gasteiger partial charge in [-0.15, -0.1) is 0 Å². The fourth-order valence-electron chi connectivity index (χ4n) is 0.774. The van der Waals surface area contributed by atoms with E-state index in [0.29, 0.717) is 14.7 Å². The van der Waals surface area contributed by atoms with Gasteiger partial charge in [0.1, 0.15) is 11.6 Å². The Hall–Kier alpha value is -0.290. The van der Waals surface area contributed by atoms with Gasteiger partial charge < -0.3 is 10.5 Å². The second kappa shape index (κ2) is 3.62. The molecular weight excluding hydrogens is 293 g/mol. The van der Waals surface area contributed by atoms with Crippen molar-refractivity contribution in [3.63, 3.8) is 0 Å². The number of ether oxygens (including phenoxy) is 1. The molecule has 1 aromatic carbocycles. The SMILES string of the molecule is COc1c(Br)cc(F)c(N)c1Br. The number of benzene rings is 1. The van der Waals surface area contributed by atoms with E-state index < -0.39 is 5.82 Å². The minimum Gasteiger partial charge on any atom is -0.494 e. The van der Waals surface area contributed by atoms with Crippen LogP contribution in [0.5, 0.6) is 5.75 Å². The van der Waals surface area contributed by atoms with Crippen LogP contribution < -0.4 is 10.5 Å². The van der Waals surface area contributed by atoms with E-state index in [-0.39, 0.29) is 5.69 Å². The van der Waals surface area contributed by atoms with Crippen LogP contribution in [-0.4, -0.2) is 7.11 Å². The topological polar surface area (TPSA) is 35.2 Å². The van der Waals surface area contributed by atoms with Crippen LogP contribution in [0.15, 0.2) is 15.0 Å². The molecule has 0 aromatic heterocycles. The summed E-state index contributed by atoms with van der Waals surface area (Å²) in [5, 5.41) is 0. The lowest BCUT2D eigenvalue weighted by atomic mass is 10.3. The molecule has 1 aromatic rings. The molecule has 0 heterocycles. The van der Waals surface area contributed by atoms with Crippen molar-refractivity contribution >= 4 is 37.5 Å². The van der Waals surface area contributed by atoms with Gasteiger partial charge in [-0.05, 0) is 37.9 Å². The number of halogens is 3. The molecule has 2 nitrogen and oxygen atoms in total. The van der Waals surface area contributed by atoms with E-state index in [0.717, 1.165) is 0 Å². The normalized spacial score (nSPS) is 10.0. The summed E-state index contributed by atoms with van der Waals surface area (Å²) < 4.78 is 18.8. The Bertz CT molecular complexity index is 317.